The molecular weight excluding hydrogens is 434 g/mol. The van der Waals surface area contributed by atoms with Gasteiger partial charge in [0.05, 0.1) is 16.6 Å². The van der Waals surface area contributed by atoms with Crippen molar-refractivity contribution in [1.82, 2.24) is 10.2 Å². The molecule has 2 aromatic carbocycles. The molecule has 2 saturated heterocycles. The van der Waals surface area contributed by atoms with E-state index in [0.29, 0.717) is 4.90 Å². The largest absolute Gasteiger partial charge is 0.371 e. The zero-order valence-corrected chi connectivity index (χ0v) is 20.3. The number of amides is 1. The van der Waals surface area contributed by atoms with Gasteiger partial charge in [0, 0.05) is 37.9 Å². The normalized spacial score (nSPS) is 20.5. The lowest BCUT2D eigenvalue weighted by atomic mass is 9.95. The summed E-state index contributed by atoms with van der Waals surface area (Å²) in [5, 5.41) is 3.31. The van der Waals surface area contributed by atoms with Crippen LogP contribution >= 0.6 is 0 Å². The van der Waals surface area contributed by atoms with E-state index in [-0.39, 0.29) is 23.6 Å². The molecule has 2 fully saturated rings. The van der Waals surface area contributed by atoms with Gasteiger partial charge in [-0.25, -0.2) is 8.42 Å². The van der Waals surface area contributed by atoms with Crippen molar-refractivity contribution in [1.29, 1.82) is 0 Å². The molecule has 2 heterocycles. The predicted octanol–water partition coefficient (Wildman–Crippen LogP) is 3.48. The molecule has 2 aliphatic heterocycles. The highest BCUT2D eigenvalue weighted by atomic mass is 32.2. The monoisotopic (exact) mass is 469 g/mol. The smallest absolute Gasteiger partial charge is 0.224 e. The summed E-state index contributed by atoms with van der Waals surface area (Å²) in [6.07, 6.45) is 3.83. The summed E-state index contributed by atoms with van der Waals surface area (Å²) in [7, 11) is -3.17. The van der Waals surface area contributed by atoms with Gasteiger partial charge in [0.25, 0.3) is 0 Å². The van der Waals surface area contributed by atoms with Gasteiger partial charge in [-0.1, -0.05) is 37.3 Å². The Morgan fingerprint density at radius 2 is 1.67 bits per heavy atom. The SMILES string of the molecule is CCS(=O)(=O)c1ccc(N2CCC(NC(=O)C3CCCN(Cc4ccccc4)C3)CC2)cc1. The molecule has 7 heteroatoms. The fourth-order valence-corrected chi connectivity index (χ4v) is 5.77. The number of nitrogens with one attached hydrogen (secondary N) is 1. The average Bonchev–Trinajstić information content (AvgIpc) is 2.85. The van der Waals surface area contributed by atoms with Crippen LogP contribution in [-0.2, 0) is 21.2 Å². The Labute approximate surface area is 197 Å². The van der Waals surface area contributed by atoms with Crippen LogP contribution in [0.5, 0.6) is 0 Å². The van der Waals surface area contributed by atoms with Crippen molar-refractivity contribution >= 4 is 21.4 Å². The molecule has 1 amide bonds. The molecule has 0 spiro atoms. The fourth-order valence-electron chi connectivity index (χ4n) is 4.89. The van der Waals surface area contributed by atoms with Crippen LogP contribution in [0.2, 0.25) is 0 Å². The number of nitrogens with zero attached hydrogens (tertiary/aromatic N) is 2. The van der Waals surface area contributed by atoms with E-state index in [2.05, 4.69) is 39.4 Å². The van der Waals surface area contributed by atoms with Crippen LogP contribution in [0.1, 0.15) is 38.2 Å². The first kappa shape index (κ1) is 23.8. The van der Waals surface area contributed by atoms with Crippen molar-refractivity contribution in [2.45, 2.75) is 50.1 Å². The quantitative estimate of drug-likeness (QED) is 0.672. The maximum absolute atomic E-state index is 13.0. The van der Waals surface area contributed by atoms with E-state index >= 15 is 0 Å². The predicted molar refractivity (Wildman–Crippen MR) is 132 cm³/mol. The first-order valence-electron chi connectivity index (χ1n) is 12.1. The molecule has 178 valence electrons. The van der Waals surface area contributed by atoms with E-state index in [9.17, 15) is 13.2 Å². The van der Waals surface area contributed by atoms with Gasteiger partial charge >= 0.3 is 0 Å². The highest BCUT2D eigenvalue weighted by molar-refractivity contribution is 7.91. The number of hydrogen-bond donors (Lipinski definition) is 1. The number of rotatable bonds is 7. The summed E-state index contributed by atoms with van der Waals surface area (Å²) in [5.74, 6) is 0.372. The van der Waals surface area contributed by atoms with Crippen molar-refractivity contribution in [2.24, 2.45) is 5.92 Å². The summed E-state index contributed by atoms with van der Waals surface area (Å²) in [5.41, 5.74) is 2.34. The highest BCUT2D eigenvalue weighted by Crippen LogP contribution is 2.24. The second-order valence-electron chi connectivity index (χ2n) is 9.23. The number of piperidine rings is 2. The highest BCUT2D eigenvalue weighted by Gasteiger charge is 2.28. The van der Waals surface area contributed by atoms with Crippen LogP contribution in [0.25, 0.3) is 0 Å². The van der Waals surface area contributed by atoms with Crippen molar-refractivity contribution < 1.29 is 13.2 Å². The van der Waals surface area contributed by atoms with Gasteiger partial charge in [-0.15, -0.1) is 0 Å². The number of hydrogen-bond acceptors (Lipinski definition) is 5. The van der Waals surface area contributed by atoms with Gasteiger partial charge in [-0.05, 0) is 62.1 Å². The summed E-state index contributed by atoms with van der Waals surface area (Å²) >= 11 is 0. The maximum atomic E-state index is 13.0. The molecule has 1 atom stereocenters. The van der Waals surface area contributed by atoms with Crippen molar-refractivity contribution in [3.05, 3.63) is 60.2 Å². The zero-order valence-electron chi connectivity index (χ0n) is 19.4. The van der Waals surface area contributed by atoms with Crippen molar-refractivity contribution in [3.8, 4) is 0 Å². The van der Waals surface area contributed by atoms with E-state index in [1.54, 1.807) is 19.1 Å². The third kappa shape index (κ3) is 6.15. The van der Waals surface area contributed by atoms with Gasteiger partial charge < -0.3 is 10.2 Å². The second kappa shape index (κ2) is 10.7. The lowest BCUT2D eigenvalue weighted by Gasteiger charge is -2.36. The fraction of sp³-hybridized carbons (Fsp3) is 0.500. The van der Waals surface area contributed by atoms with E-state index < -0.39 is 9.84 Å². The first-order valence-corrected chi connectivity index (χ1v) is 13.7. The number of likely N-dealkylation sites (tertiary alicyclic amines) is 1. The lowest BCUT2D eigenvalue weighted by molar-refractivity contribution is -0.127. The average molecular weight is 470 g/mol. The van der Waals surface area contributed by atoms with Crippen LogP contribution < -0.4 is 10.2 Å². The zero-order chi connectivity index (χ0) is 23.3. The second-order valence-corrected chi connectivity index (χ2v) is 11.5. The Bertz CT molecular complexity index is 1020. The minimum Gasteiger partial charge on any atom is -0.371 e. The number of carbonyl (C=O) groups is 1. The van der Waals surface area contributed by atoms with E-state index in [4.69, 9.17) is 0 Å². The molecule has 33 heavy (non-hydrogen) atoms. The van der Waals surface area contributed by atoms with E-state index in [0.717, 1.165) is 64.1 Å². The van der Waals surface area contributed by atoms with Crippen LogP contribution in [0.3, 0.4) is 0 Å². The minimum atomic E-state index is -3.17. The van der Waals surface area contributed by atoms with Crippen molar-refractivity contribution in [2.75, 3.05) is 36.8 Å². The molecule has 6 nitrogen and oxygen atoms in total. The summed E-state index contributed by atoms with van der Waals surface area (Å²) in [6, 6.07) is 17.9. The lowest BCUT2D eigenvalue weighted by Crippen LogP contribution is -2.49. The molecule has 0 aromatic heterocycles. The van der Waals surface area contributed by atoms with E-state index in [1.165, 1.54) is 5.56 Å². The molecule has 0 bridgehead atoms. The number of anilines is 1. The van der Waals surface area contributed by atoms with Crippen LogP contribution in [0, 0.1) is 5.92 Å². The Kier molecular flexibility index (Phi) is 7.71. The number of sulfone groups is 1. The minimum absolute atomic E-state index is 0.0635. The van der Waals surface area contributed by atoms with E-state index in [1.807, 2.05) is 18.2 Å². The van der Waals surface area contributed by atoms with Crippen molar-refractivity contribution in [3.63, 3.8) is 0 Å². The molecule has 1 N–H and O–H groups in total. The Morgan fingerprint density at radius 3 is 2.33 bits per heavy atom. The summed E-state index contributed by atoms with van der Waals surface area (Å²) in [6.45, 7) is 6.16. The number of carbonyl (C=O) groups excluding carboxylic acids is 1. The van der Waals surface area contributed by atoms with Gasteiger partial charge in [-0.3, -0.25) is 9.69 Å². The molecule has 0 saturated carbocycles. The van der Waals surface area contributed by atoms with Gasteiger partial charge in [-0.2, -0.15) is 0 Å². The number of benzene rings is 2. The third-order valence-electron chi connectivity index (χ3n) is 6.91. The van der Waals surface area contributed by atoms with Crippen LogP contribution in [0.4, 0.5) is 5.69 Å². The van der Waals surface area contributed by atoms with Crippen LogP contribution in [0.15, 0.2) is 59.5 Å². The molecule has 0 aliphatic carbocycles. The van der Waals surface area contributed by atoms with Gasteiger partial charge in [0.2, 0.25) is 5.91 Å². The first-order chi connectivity index (χ1) is 15.9. The van der Waals surface area contributed by atoms with Gasteiger partial charge in [0.1, 0.15) is 0 Å². The molecule has 4 rings (SSSR count). The molecule has 0 radical (unpaired) electrons. The van der Waals surface area contributed by atoms with Gasteiger partial charge in [0.15, 0.2) is 9.84 Å². The molecule has 2 aliphatic rings. The Hall–Kier alpha value is -2.38. The molecular formula is C26H35N3O3S. The standard InChI is InChI=1S/C26H35N3O3S/c1-2-33(31,32)25-12-10-24(11-13-25)29-17-14-23(15-18-29)27-26(30)22-9-6-16-28(20-22)19-21-7-4-3-5-8-21/h3-5,7-8,10-13,22-23H,2,6,9,14-20H2,1H3,(H,27,30). The summed E-state index contributed by atoms with van der Waals surface area (Å²) < 4.78 is 24.0. The Balaban J connectivity index is 1.25. The topological polar surface area (TPSA) is 69.7 Å². The summed E-state index contributed by atoms with van der Waals surface area (Å²) in [4.78, 5) is 18.0. The third-order valence-corrected chi connectivity index (χ3v) is 8.66. The molecule has 1 unspecified atom stereocenters. The molecule has 2 aromatic rings. The van der Waals surface area contributed by atoms with Crippen LogP contribution in [-0.4, -0.2) is 57.2 Å². The maximum Gasteiger partial charge on any atom is 0.224 e. The Morgan fingerprint density at radius 1 is 0.970 bits per heavy atom.